The van der Waals surface area contributed by atoms with Crippen molar-refractivity contribution in [1.82, 2.24) is 0 Å². The van der Waals surface area contributed by atoms with Crippen LogP contribution < -0.4 is 16.0 Å². The molecule has 6 heteroatoms. The monoisotopic (exact) mass is 467 g/mol. The van der Waals surface area contributed by atoms with E-state index in [2.05, 4.69) is 16.0 Å². The van der Waals surface area contributed by atoms with E-state index >= 15 is 0 Å². The number of amides is 3. The molecule has 4 aromatic carbocycles. The summed E-state index contributed by atoms with van der Waals surface area (Å²) in [5, 5.41) is 8.21. The molecular weight excluding hydrogens is 442 g/mol. The first-order valence-corrected chi connectivity index (χ1v) is 11.8. The average Bonchev–Trinajstić information content (AvgIpc) is 2.86. The minimum Gasteiger partial charge on any atom is -0.325 e. The van der Waals surface area contributed by atoms with Crippen LogP contribution in [0.25, 0.3) is 0 Å². The van der Waals surface area contributed by atoms with Gasteiger partial charge in [-0.05, 0) is 61.0 Å². The molecule has 170 valence electrons. The highest BCUT2D eigenvalue weighted by molar-refractivity contribution is 8.00. The van der Waals surface area contributed by atoms with Gasteiger partial charge in [0, 0.05) is 22.0 Å². The van der Waals surface area contributed by atoms with Crippen LogP contribution in [0.2, 0.25) is 0 Å². The highest BCUT2D eigenvalue weighted by Crippen LogP contribution is 2.36. The number of carbonyl (C=O) groups is 2. The lowest BCUT2D eigenvalue weighted by molar-refractivity contribution is -0.115. The Morgan fingerprint density at radius 2 is 1.12 bits per heavy atom. The molecule has 0 radical (unpaired) electrons. The van der Waals surface area contributed by atoms with E-state index < -0.39 is 5.25 Å². The van der Waals surface area contributed by atoms with E-state index in [-0.39, 0.29) is 11.9 Å². The maximum absolute atomic E-state index is 13.2. The van der Waals surface area contributed by atoms with Crippen molar-refractivity contribution in [3.63, 3.8) is 0 Å². The molecule has 0 heterocycles. The number of hydrogen-bond donors (Lipinski definition) is 3. The third-order valence-electron chi connectivity index (χ3n) is 5.06. The van der Waals surface area contributed by atoms with Crippen molar-refractivity contribution < 1.29 is 9.59 Å². The van der Waals surface area contributed by atoms with Crippen LogP contribution in [0.1, 0.15) is 16.4 Å². The van der Waals surface area contributed by atoms with Gasteiger partial charge in [-0.1, -0.05) is 66.2 Å². The van der Waals surface area contributed by atoms with Crippen LogP contribution in [-0.2, 0) is 4.79 Å². The molecule has 0 aliphatic rings. The van der Waals surface area contributed by atoms with Gasteiger partial charge in [0.25, 0.3) is 0 Å². The maximum atomic E-state index is 13.2. The van der Waals surface area contributed by atoms with Crippen LogP contribution in [0.4, 0.5) is 21.9 Å². The summed E-state index contributed by atoms with van der Waals surface area (Å²) >= 11 is 1.46. The lowest BCUT2D eigenvalue weighted by atomic mass is 10.1. The topological polar surface area (TPSA) is 70.2 Å². The number of aryl methyl sites for hydroxylation is 1. The Labute approximate surface area is 203 Å². The van der Waals surface area contributed by atoms with Crippen molar-refractivity contribution in [3.05, 3.63) is 120 Å². The largest absolute Gasteiger partial charge is 0.325 e. The Balaban J connectivity index is 1.44. The first-order valence-electron chi connectivity index (χ1n) is 10.9. The second kappa shape index (κ2) is 11.2. The Kier molecular flexibility index (Phi) is 7.63. The zero-order valence-electron chi connectivity index (χ0n) is 18.7. The van der Waals surface area contributed by atoms with Gasteiger partial charge in [0.1, 0.15) is 5.25 Å². The van der Waals surface area contributed by atoms with E-state index in [4.69, 9.17) is 0 Å². The predicted molar refractivity (Wildman–Crippen MR) is 140 cm³/mol. The fourth-order valence-corrected chi connectivity index (χ4v) is 4.34. The summed E-state index contributed by atoms with van der Waals surface area (Å²) in [4.78, 5) is 26.3. The molecule has 0 bridgehead atoms. The highest BCUT2D eigenvalue weighted by Gasteiger charge is 2.22. The van der Waals surface area contributed by atoms with Crippen molar-refractivity contribution >= 4 is 40.8 Å². The molecule has 0 fully saturated rings. The van der Waals surface area contributed by atoms with E-state index in [0.717, 1.165) is 27.4 Å². The Hall–Kier alpha value is -4.03. The fraction of sp³-hybridized carbons (Fsp3) is 0.0714. The number of rotatable bonds is 7. The summed E-state index contributed by atoms with van der Waals surface area (Å²) in [7, 11) is 0. The molecule has 0 aliphatic carbocycles. The van der Waals surface area contributed by atoms with Gasteiger partial charge in [0.15, 0.2) is 0 Å². The number of para-hydroxylation sites is 1. The van der Waals surface area contributed by atoms with Gasteiger partial charge in [-0.2, -0.15) is 0 Å². The SMILES string of the molecule is Cc1ccc(NC(=O)C(Sc2ccc(NC(=O)Nc3ccccc3)cc2)c2ccccc2)cc1. The third-order valence-corrected chi connectivity index (χ3v) is 6.32. The number of nitrogens with one attached hydrogen (secondary N) is 3. The Morgan fingerprint density at radius 3 is 1.74 bits per heavy atom. The third kappa shape index (κ3) is 6.49. The lowest BCUT2D eigenvalue weighted by Gasteiger charge is -2.17. The fourth-order valence-electron chi connectivity index (χ4n) is 3.31. The Morgan fingerprint density at radius 1 is 0.618 bits per heavy atom. The van der Waals surface area contributed by atoms with Gasteiger partial charge in [-0.15, -0.1) is 11.8 Å². The van der Waals surface area contributed by atoms with Crippen LogP contribution in [0, 0.1) is 6.92 Å². The molecule has 4 aromatic rings. The van der Waals surface area contributed by atoms with E-state index in [1.807, 2.05) is 116 Å². The molecule has 0 saturated heterocycles. The number of carbonyl (C=O) groups excluding carboxylic acids is 2. The molecule has 5 nitrogen and oxygen atoms in total. The number of urea groups is 1. The second-order valence-electron chi connectivity index (χ2n) is 7.73. The Bertz CT molecular complexity index is 1230. The van der Waals surface area contributed by atoms with Crippen molar-refractivity contribution in [2.24, 2.45) is 0 Å². The summed E-state index contributed by atoms with van der Waals surface area (Å²) in [6, 6.07) is 33.9. The molecule has 0 saturated carbocycles. The van der Waals surface area contributed by atoms with Crippen molar-refractivity contribution in [3.8, 4) is 0 Å². The molecule has 0 aliphatic heterocycles. The summed E-state index contributed by atoms with van der Waals surface area (Å²) in [5.74, 6) is -0.0931. The van der Waals surface area contributed by atoms with Crippen LogP contribution in [0.3, 0.4) is 0 Å². The van der Waals surface area contributed by atoms with Crippen LogP contribution in [0.5, 0.6) is 0 Å². The smallest absolute Gasteiger partial charge is 0.323 e. The van der Waals surface area contributed by atoms with Gasteiger partial charge in [0.05, 0.1) is 0 Å². The van der Waals surface area contributed by atoms with E-state index in [0.29, 0.717) is 5.69 Å². The summed E-state index contributed by atoms with van der Waals surface area (Å²) in [6.07, 6.45) is 0. The van der Waals surface area contributed by atoms with Crippen molar-refractivity contribution in [2.75, 3.05) is 16.0 Å². The normalized spacial score (nSPS) is 11.3. The van der Waals surface area contributed by atoms with Crippen LogP contribution in [-0.4, -0.2) is 11.9 Å². The van der Waals surface area contributed by atoms with Crippen molar-refractivity contribution in [1.29, 1.82) is 0 Å². The van der Waals surface area contributed by atoms with E-state index in [1.165, 1.54) is 11.8 Å². The van der Waals surface area contributed by atoms with Crippen LogP contribution in [0.15, 0.2) is 114 Å². The summed E-state index contributed by atoms with van der Waals surface area (Å²) < 4.78 is 0. The minimum absolute atomic E-state index is 0.0931. The number of hydrogen-bond acceptors (Lipinski definition) is 3. The first kappa shape index (κ1) is 23.1. The van der Waals surface area contributed by atoms with Gasteiger partial charge >= 0.3 is 6.03 Å². The van der Waals surface area contributed by atoms with Gasteiger partial charge in [-0.3, -0.25) is 4.79 Å². The first-order chi connectivity index (χ1) is 16.6. The van der Waals surface area contributed by atoms with E-state index in [1.54, 1.807) is 0 Å². The van der Waals surface area contributed by atoms with Gasteiger partial charge < -0.3 is 16.0 Å². The molecule has 1 unspecified atom stereocenters. The second-order valence-corrected chi connectivity index (χ2v) is 8.91. The van der Waals surface area contributed by atoms with Gasteiger partial charge in [0.2, 0.25) is 5.91 Å². The molecule has 0 aromatic heterocycles. The maximum Gasteiger partial charge on any atom is 0.323 e. The van der Waals surface area contributed by atoms with Crippen LogP contribution >= 0.6 is 11.8 Å². The number of benzene rings is 4. The predicted octanol–water partition coefficient (Wildman–Crippen LogP) is 7.11. The standard InChI is InChI=1S/C28H25N3O2S/c1-20-12-14-23(15-13-20)29-27(32)26(21-8-4-2-5-9-21)34-25-18-16-24(17-19-25)31-28(33)30-22-10-6-3-7-11-22/h2-19,26H,1H3,(H,29,32)(H2,30,31,33). The minimum atomic E-state index is -0.428. The van der Waals surface area contributed by atoms with Gasteiger partial charge in [-0.25, -0.2) is 4.79 Å². The molecular formula is C28H25N3O2S. The molecule has 3 N–H and O–H groups in total. The highest BCUT2D eigenvalue weighted by atomic mass is 32.2. The zero-order chi connectivity index (χ0) is 23.8. The molecule has 3 amide bonds. The molecule has 1 atom stereocenters. The number of anilines is 3. The summed E-state index contributed by atoms with van der Waals surface area (Å²) in [5.41, 5.74) is 4.21. The van der Waals surface area contributed by atoms with Crippen molar-refractivity contribution in [2.45, 2.75) is 17.1 Å². The molecule has 34 heavy (non-hydrogen) atoms. The van der Waals surface area contributed by atoms with E-state index in [9.17, 15) is 9.59 Å². The molecule has 0 spiro atoms. The average molecular weight is 468 g/mol. The molecule has 4 rings (SSSR count). The quantitative estimate of drug-likeness (QED) is 0.254. The lowest BCUT2D eigenvalue weighted by Crippen LogP contribution is -2.19. The summed E-state index contributed by atoms with van der Waals surface area (Å²) in [6.45, 7) is 2.01. The zero-order valence-corrected chi connectivity index (χ0v) is 19.5. The number of thioether (sulfide) groups is 1.